The minimum atomic E-state index is -0.622. The van der Waals surface area contributed by atoms with Gasteiger partial charge in [0.15, 0.2) is 0 Å². The Morgan fingerprint density at radius 2 is 2.00 bits per heavy atom. The molecule has 2 unspecified atom stereocenters. The molecule has 0 aliphatic heterocycles. The lowest BCUT2D eigenvalue weighted by atomic mass is 9.84. The molecular formula is C13H23NO2. The summed E-state index contributed by atoms with van der Waals surface area (Å²) in [7, 11) is 0. The van der Waals surface area contributed by atoms with Gasteiger partial charge in [-0.05, 0) is 31.6 Å². The lowest BCUT2D eigenvalue weighted by Crippen LogP contribution is -2.57. The summed E-state index contributed by atoms with van der Waals surface area (Å²) in [6.07, 6.45) is 8.75. The Bertz CT molecular complexity index is 261. The molecule has 0 spiro atoms. The average molecular weight is 225 g/mol. The Morgan fingerprint density at radius 3 is 2.56 bits per heavy atom. The van der Waals surface area contributed by atoms with Crippen LogP contribution in [-0.4, -0.2) is 22.7 Å². The van der Waals surface area contributed by atoms with Crippen molar-refractivity contribution in [2.75, 3.05) is 0 Å². The number of carbonyl (C=O) groups is 1. The molecule has 0 aromatic carbocycles. The second-order valence-corrected chi connectivity index (χ2v) is 5.40. The number of hydrogen-bond donors (Lipinski definition) is 2. The van der Waals surface area contributed by atoms with Gasteiger partial charge in [-0.15, -0.1) is 0 Å². The van der Waals surface area contributed by atoms with Crippen molar-refractivity contribution in [1.82, 2.24) is 5.32 Å². The highest BCUT2D eigenvalue weighted by Crippen LogP contribution is 2.39. The first-order chi connectivity index (χ1) is 7.69. The van der Waals surface area contributed by atoms with Crippen LogP contribution in [0.2, 0.25) is 0 Å². The highest BCUT2D eigenvalue weighted by Gasteiger charge is 2.49. The maximum atomic E-state index is 11.6. The predicted octanol–water partition coefficient (Wildman–Crippen LogP) is 2.55. The lowest BCUT2D eigenvalue weighted by molar-refractivity contribution is -0.147. The van der Waals surface area contributed by atoms with Crippen LogP contribution in [0.15, 0.2) is 0 Å². The van der Waals surface area contributed by atoms with E-state index >= 15 is 0 Å². The fourth-order valence-corrected chi connectivity index (χ4v) is 3.60. The molecular weight excluding hydrogens is 202 g/mol. The first kappa shape index (κ1) is 11.9. The smallest absolute Gasteiger partial charge is 0.324 e. The number of carboxylic acids is 1. The third kappa shape index (κ3) is 1.97. The Balaban J connectivity index is 2.11. The van der Waals surface area contributed by atoms with Crippen molar-refractivity contribution >= 4 is 5.97 Å². The van der Waals surface area contributed by atoms with Gasteiger partial charge >= 0.3 is 5.97 Å². The Labute approximate surface area is 97.6 Å². The zero-order valence-electron chi connectivity index (χ0n) is 10.2. The molecule has 0 aromatic rings. The number of rotatable bonds is 4. The van der Waals surface area contributed by atoms with Crippen molar-refractivity contribution in [3.8, 4) is 0 Å². The monoisotopic (exact) mass is 225 g/mol. The second-order valence-electron chi connectivity index (χ2n) is 5.40. The van der Waals surface area contributed by atoms with E-state index in [1.165, 1.54) is 12.8 Å². The van der Waals surface area contributed by atoms with Crippen LogP contribution < -0.4 is 5.32 Å². The van der Waals surface area contributed by atoms with Crippen molar-refractivity contribution in [2.45, 2.75) is 69.9 Å². The van der Waals surface area contributed by atoms with Crippen LogP contribution >= 0.6 is 0 Å². The number of aliphatic carboxylic acids is 1. The first-order valence-electron chi connectivity index (χ1n) is 6.70. The molecule has 0 aromatic heterocycles. The van der Waals surface area contributed by atoms with Crippen LogP contribution in [0.4, 0.5) is 0 Å². The minimum Gasteiger partial charge on any atom is -0.480 e. The Kier molecular flexibility index (Phi) is 3.53. The van der Waals surface area contributed by atoms with Gasteiger partial charge in [0.1, 0.15) is 5.54 Å². The summed E-state index contributed by atoms with van der Waals surface area (Å²) in [5.41, 5.74) is -0.607. The molecule has 0 saturated heterocycles. The fourth-order valence-electron chi connectivity index (χ4n) is 3.60. The van der Waals surface area contributed by atoms with Gasteiger partial charge in [0.05, 0.1) is 0 Å². The number of carboxylic acid groups (broad SMARTS) is 1. The van der Waals surface area contributed by atoms with Crippen LogP contribution in [0.1, 0.15) is 58.3 Å². The molecule has 0 amide bonds. The van der Waals surface area contributed by atoms with Crippen LogP contribution in [0.3, 0.4) is 0 Å². The van der Waals surface area contributed by atoms with Crippen molar-refractivity contribution in [3.63, 3.8) is 0 Å². The SMILES string of the molecule is CCC1CCCC1(NC1CCCC1)C(=O)O. The van der Waals surface area contributed by atoms with Crippen LogP contribution in [0.25, 0.3) is 0 Å². The zero-order chi connectivity index (χ0) is 11.6. The van der Waals surface area contributed by atoms with Gasteiger partial charge < -0.3 is 5.11 Å². The van der Waals surface area contributed by atoms with E-state index in [1.54, 1.807) is 0 Å². The van der Waals surface area contributed by atoms with Gasteiger partial charge in [-0.3, -0.25) is 10.1 Å². The number of nitrogens with one attached hydrogen (secondary N) is 1. The van der Waals surface area contributed by atoms with Crippen LogP contribution in [-0.2, 0) is 4.79 Å². The Morgan fingerprint density at radius 1 is 1.31 bits per heavy atom. The molecule has 2 aliphatic rings. The van der Waals surface area contributed by atoms with Crippen LogP contribution in [0, 0.1) is 5.92 Å². The molecule has 2 N–H and O–H groups in total. The van der Waals surface area contributed by atoms with Gasteiger partial charge in [0.2, 0.25) is 0 Å². The second kappa shape index (κ2) is 4.74. The quantitative estimate of drug-likeness (QED) is 0.773. The van der Waals surface area contributed by atoms with E-state index in [4.69, 9.17) is 0 Å². The first-order valence-corrected chi connectivity index (χ1v) is 6.70. The van der Waals surface area contributed by atoms with Crippen molar-refractivity contribution in [1.29, 1.82) is 0 Å². The van der Waals surface area contributed by atoms with Gasteiger partial charge in [-0.2, -0.15) is 0 Å². The van der Waals surface area contributed by atoms with Gasteiger partial charge in [-0.25, -0.2) is 0 Å². The van der Waals surface area contributed by atoms with Gasteiger partial charge in [0.25, 0.3) is 0 Å². The lowest BCUT2D eigenvalue weighted by Gasteiger charge is -2.34. The highest BCUT2D eigenvalue weighted by atomic mass is 16.4. The molecule has 2 atom stereocenters. The highest BCUT2D eigenvalue weighted by molar-refractivity contribution is 5.79. The van der Waals surface area contributed by atoms with E-state index in [1.807, 2.05) is 0 Å². The molecule has 2 fully saturated rings. The summed E-state index contributed by atoms with van der Waals surface area (Å²) < 4.78 is 0. The average Bonchev–Trinajstić information content (AvgIpc) is 2.87. The molecule has 92 valence electrons. The van der Waals surface area contributed by atoms with E-state index in [0.717, 1.165) is 38.5 Å². The van der Waals surface area contributed by atoms with Crippen molar-refractivity contribution in [2.24, 2.45) is 5.92 Å². The molecule has 0 radical (unpaired) electrons. The summed E-state index contributed by atoms with van der Waals surface area (Å²) in [5, 5.41) is 13.1. The fraction of sp³-hybridized carbons (Fsp3) is 0.923. The zero-order valence-corrected chi connectivity index (χ0v) is 10.2. The largest absolute Gasteiger partial charge is 0.480 e. The summed E-state index contributed by atoms with van der Waals surface area (Å²) in [6, 6.07) is 0.447. The minimum absolute atomic E-state index is 0.325. The van der Waals surface area contributed by atoms with Crippen molar-refractivity contribution in [3.05, 3.63) is 0 Å². The molecule has 0 heterocycles. The molecule has 2 rings (SSSR count). The maximum Gasteiger partial charge on any atom is 0.324 e. The third-order valence-corrected chi connectivity index (χ3v) is 4.51. The molecule has 2 saturated carbocycles. The molecule has 3 heteroatoms. The van der Waals surface area contributed by atoms with E-state index in [0.29, 0.717) is 12.0 Å². The Hall–Kier alpha value is -0.570. The topological polar surface area (TPSA) is 49.3 Å². The van der Waals surface area contributed by atoms with E-state index in [-0.39, 0.29) is 0 Å². The summed E-state index contributed by atoms with van der Waals surface area (Å²) in [6.45, 7) is 2.12. The molecule has 16 heavy (non-hydrogen) atoms. The standard InChI is InChI=1S/C13H23NO2/c1-2-10-6-5-9-13(10,12(15)16)14-11-7-3-4-8-11/h10-11,14H,2-9H2,1H3,(H,15,16). The summed E-state index contributed by atoms with van der Waals surface area (Å²) in [4.78, 5) is 11.6. The van der Waals surface area contributed by atoms with E-state index in [2.05, 4.69) is 12.2 Å². The summed E-state index contributed by atoms with van der Waals surface area (Å²) >= 11 is 0. The van der Waals surface area contributed by atoms with E-state index < -0.39 is 11.5 Å². The van der Waals surface area contributed by atoms with E-state index in [9.17, 15) is 9.90 Å². The molecule has 2 aliphatic carbocycles. The van der Waals surface area contributed by atoms with Gasteiger partial charge in [-0.1, -0.05) is 32.6 Å². The normalized spacial score (nSPS) is 35.7. The number of hydrogen-bond acceptors (Lipinski definition) is 2. The van der Waals surface area contributed by atoms with Gasteiger partial charge in [0, 0.05) is 6.04 Å². The molecule has 3 nitrogen and oxygen atoms in total. The summed E-state index contributed by atoms with van der Waals surface area (Å²) in [5.74, 6) is -0.297. The third-order valence-electron chi connectivity index (χ3n) is 4.51. The predicted molar refractivity (Wildman–Crippen MR) is 63.4 cm³/mol. The molecule has 0 bridgehead atoms. The van der Waals surface area contributed by atoms with Crippen molar-refractivity contribution < 1.29 is 9.90 Å². The maximum absolute atomic E-state index is 11.6. The van der Waals surface area contributed by atoms with Crippen LogP contribution in [0.5, 0.6) is 0 Å².